The molecule has 1 aromatic heterocycles. The van der Waals surface area contributed by atoms with Gasteiger partial charge in [0, 0.05) is 25.7 Å². The molecule has 0 aliphatic rings. The number of amides is 1. The van der Waals surface area contributed by atoms with Gasteiger partial charge in [0.1, 0.15) is 0 Å². The molecule has 1 aromatic carbocycles. The molecule has 1 N–H and O–H groups in total. The van der Waals surface area contributed by atoms with Gasteiger partial charge in [0.05, 0.1) is 10.9 Å². The van der Waals surface area contributed by atoms with E-state index in [9.17, 15) is 9.59 Å². The van der Waals surface area contributed by atoms with Crippen molar-refractivity contribution in [1.29, 1.82) is 0 Å². The molecular formula is C16H21N3O2S. The first-order valence-corrected chi connectivity index (χ1v) is 7.78. The Morgan fingerprint density at radius 1 is 1.41 bits per heavy atom. The highest BCUT2D eigenvalue weighted by atomic mass is 32.1. The van der Waals surface area contributed by atoms with Crippen molar-refractivity contribution >= 4 is 29.0 Å². The molecule has 2 rings (SSSR count). The summed E-state index contributed by atoms with van der Waals surface area (Å²) >= 11 is 5.20. The number of rotatable bonds is 4. The fourth-order valence-corrected chi connectivity index (χ4v) is 2.85. The van der Waals surface area contributed by atoms with Gasteiger partial charge >= 0.3 is 0 Å². The lowest BCUT2D eigenvalue weighted by Gasteiger charge is -2.19. The first kappa shape index (κ1) is 16.4. The normalized spacial score (nSPS) is 11.1. The van der Waals surface area contributed by atoms with Crippen LogP contribution in [0.25, 0.3) is 10.9 Å². The summed E-state index contributed by atoms with van der Waals surface area (Å²) in [7, 11) is 1.78. The number of nitrogens with zero attached hydrogens (tertiary/aromatic N) is 2. The van der Waals surface area contributed by atoms with Crippen molar-refractivity contribution in [3.05, 3.63) is 38.9 Å². The van der Waals surface area contributed by atoms with Gasteiger partial charge < -0.3 is 9.88 Å². The molecule has 0 spiro atoms. The van der Waals surface area contributed by atoms with Crippen LogP contribution in [0, 0.1) is 10.7 Å². The van der Waals surface area contributed by atoms with Gasteiger partial charge in [-0.05, 0) is 43.3 Å². The average molecular weight is 319 g/mol. The van der Waals surface area contributed by atoms with E-state index in [2.05, 4.69) is 18.8 Å². The van der Waals surface area contributed by atoms with Gasteiger partial charge in [-0.25, -0.2) is 0 Å². The molecular weight excluding hydrogens is 298 g/mol. The summed E-state index contributed by atoms with van der Waals surface area (Å²) in [6, 6.07) is 5.08. The lowest BCUT2D eigenvalue weighted by molar-refractivity contribution is 0.0779. The quantitative estimate of drug-likeness (QED) is 0.882. The molecule has 0 radical (unpaired) electrons. The zero-order valence-electron chi connectivity index (χ0n) is 13.3. The van der Waals surface area contributed by atoms with Gasteiger partial charge in [-0.15, -0.1) is 0 Å². The van der Waals surface area contributed by atoms with Crippen molar-refractivity contribution in [2.45, 2.75) is 27.3 Å². The first-order valence-electron chi connectivity index (χ1n) is 7.37. The summed E-state index contributed by atoms with van der Waals surface area (Å²) in [5, 5.41) is 0.540. The number of benzene rings is 1. The molecule has 0 saturated heterocycles. The van der Waals surface area contributed by atoms with Gasteiger partial charge in [0.2, 0.25) is 0 Å². The molecule has 0 unspecified atom stereocenters. The van der Waals surface area contributed by atoms with Crippen molar-refractivity contribution in [2.75, 3.05) is 13.6 Å². The summed E-state index contributed by atoms with van der Waals surface area (Å²) in [6.07, 6.45) is 0. The first-order chi connectivity index (χ1) is 10.3. The van der Waals surface area contributed by atoms with E-state index in [1.807, 2.05) is 6.92 Å². The molecule has 22 heavy (non-hydrogen) atoms. The van der Waals surface area contributed by atoms with E-state index in [0.717, 1.165) is 0 Å². The van der Waals surface area contributed by atoms with E-state index in [1.54, 1.807) is 30.1 Å². The van der Waals surface area contributed by atoms with Crippen LogP contribution in [0.5, 0.6) is 0 Å². The zero-order valence-corrected chi connectivity index (χ0v) is 14.2. The number of carbonyl (C=O) groups is 1. The van der Waals surface area contributed by atoms with Crippen LogP contribution in [0.1, 0.15) is 31.1 Å². The van der Waals surface area contributed by atoms with Crippen LogP contribution in [0.15, 0.2) is 23.0 Å². The lowest BCUT2D eigenvalue weighted by Crippen LogP contribution is -2.30. The van der Waals surface area contributed by atoms with Crippen LogP contribution in [0.3, 0.4) is 0 Å². The lowest BCUT2D eigenvalue weighted by atomic mass is 10.1. The van der Waals surface area contributed by atoms with E-state index in [0.29, 0.717) is 40.2 Å². The summed E-state index contributed by atoms with van der Waals surface area (Å²) < 4.78 is 1.88. The van der Waals surface area contributed by atoms with Gasteiger partial charge in [-0.1, -0.05) is 13.8 Å². The van der Waals surface area contributed by atoms with Crippen LogP contribution in [-0.2, 0) is 6.54 Å². The van der Waals surface area contributed by atoms with Crippen molar-refractivity contribution < 1.29 is 4.79 Å². The maximum atomic E-state index is 12.4. The largest absolute Gasteiger partial charge is 0.341 e. The minimum absolute atomic E-state index is 0.0606. The van der Waals surface area contributed by atoms with Crippen LogP contribution in [-0.4, -0.2) is 34.0 Å². The Balaban J connectivity index is 2.50. The van der Waals surface area contributed by atoms with Crippen molar-refractivity contribution in [2.24, 2.45) is 5.92 Å². The average Bonchev–Trinajstić information content (AvgIpc) is 2.45. The van der Waals surface area contributed by atoms with Gasteiger partial charge in [0.25, 0.3) is 11.5 Å². The number of hydrogen-bond donors (Lipinski definition) is 1. The van der Waals surface area contributed by atoms with E-state index in [1.165, 1.54) is 4.57 Å². The number of fused-ring (bicyclic) bond motifs is 1. The molecule has 5 nitrogen and oxygen atoms in total. The third kappa shape index (κ3) is 3.11. The highest BCUT2D eigenvalue weighted by Gasteiger charge is 2.14. The Labute approximate surface area is 134 Å². The Kier molecular flexibility index (Phi) is 4.81. The number of hydrogen-bond acceptors (Lipinski definition) is 3. The summed E-state index contributed by atoms with van der Waals surface area (Å²) in [5.74, 6) is 0.339. The van der Waals surface area contributed by atoms with Gasteiger partial charge in [-0.3, -0.25) is 14.2 Å². The van der Waals surface area contributed by atoms with Crippen molar-refractivity contribution in [3.63, 3.8) is 0 Å². The fraction of sp³-hybridized carbons (Fsp3) is 0.438. The van der Waals surface area contributed by atoms with Crippen LogP contribution in [0.2, 0.25) is 0 Å². The number of H-pyrrole nitrogens is 1. The predicted molar refractivity (Wildman–Crippen MR) is 90.9 cm³/mol. The molecule has 6 heteroatoms. The molecule has 118 valence electrons. The number of nitrogens with one attached hydrogen (secondary N) is 1. The van der Waals surface area contributed by atoms with Crippen LogP contribution < -0.4 is 5.56 Å². The van der Waals surface area contributed by atoms with Gasteiger partial charge in [-0.2, -0.15) is 0 Å². The Bertz CT molecular complexity index is 820. The van der Waals surface area contributed by atoms with Crippen molar-refractivity contribution in [3.8, 4) is 0 Å². The molecule has 0 atom stereocenters. The summed E-state index contributed by atoms with van der Waals surface area (Å²) in [6.45, 7) is 7.20. The summed E-state index contributed by atoms with van der Waals surface area (Å²) in [5.41, 5.74) is 1.02. The minimum Gasteiger partial charge on any atom is -0.341 e. The Morgan fingerprint density at radius 2 is 2.09 bits per heavy atom. The minimum atomic E-state index is -0.129. The van der Waals surface area contributed by atoms with Crippen molar-refractivity contribution in [1.82, 2.24) is 14.5 Å². The summed E-state index contributed by atoms with van der Waals surface area (Å²) in [4.78, 5) is 29.5. The molecule has 0 fully saturated rings. The number of aromatic nitrogens is 2. The van der Waals surface area contributed by atoms with E-state index in [4.69, 9.17) is 12.2 Å². The molecule has 0 saturated carbocycles. The van der Waals surface area contributed by atoms with E-state index in [-0.39, 0.29) is 11.5 Å². The molecule has 1 heterocycles. The predicted octanol–water partition coefficient (Wildman–Crippen LogP) is 2.81. The van der Waals surface area contributed by atoms with Gasteiger partial charge in [0.15, 0.2) is 4.77 Å². The molecule has 2 aromatic rings. The molecule has 1 amide bonds. The fourth-order valence-electron chi connectivity index (χ4n) is 2.53. The standard InChI is InChI=1S/C16H21N3O2S/c1-5-19-15(21)12-7-6-11(8-13(12)17-16(19)22)14(20)18(4)9-10(2)3/h6-8,10H,5,9H2,1-4H3,(H,17,22). The zero-order chi connectivity index (χ0) is 16.4. The highest BCUT2D eigenvalue weighted by Crippen LogP contribution is 2.13. The third-order valence-electron chi connectivity index (χ3n) is 3.53. The van der Waals surface area contributed by atoms with Crippen LogP contribution >= 0.6 is 12.2 Å². The second-order valence-electron chi connectivity index (χ2n) is 5.82. The Hall–Kier alpha value is -1.95. The van der Waals surface area contributed by atoms with Crippen LogP contribution in [0.4, 0.5) is 0 Å². The van der Waals surface area contributed by atoms with E-state index < -0.39 is 0 Å². The third-order valence-corrected chi connectivity index (χ3v) is 3.85. The number of carbonyl (C=O) groups excluding carboxylic acids is 1. The Morgan fingerprint density at radius 3 is 2.68 bits per heavy atom. The molecule has 0 aliphatic carbocycles. The highest BCUT2D eigenvalue weighted by molar-refractivity contribution is 7.71. The second kappa shape index (κ2) is 6.44. The second-order valence-corrected chi connectivity index (χ2v) is 6.21. The topological polar surface area (TPSA) is 58.1 Å². The molecule has 0 bridgehead atoms. The number of aromatic amines is 1. The molecule has 0 aliphatic heterocycles. The smallest absolute Gasteiger partial charge is 0.262 e. The van der Waals surface area contributed by atoms with E-state index >= 15 is 0 Å². The monoisotopic (exact) mass is 319 g/mol. The maximum Gasteiger partial charge on any atom is 0.262 e. The SMILES string of the molecule is CCn1c(=S)[nH]c2cc(C(=O)N(C)CC(C)C)ccc2c1=O. The maximum absolute atomic E-state index is 12.4.